The first kappa shape index (κ1) is 11.8. The maximum Gasteiger partial charge on any atom is 0.323 e. The maximum atomic E-state index is 11.7. The van der Waals surface area contributed by atoms with Gasteiger partial charge in [0.15, 0.2) is 0 Å². The minimum absolute atomic E-state index is 0.203. The molecule has 1 fully saturated rings. The van der Waals surface area contributed by atoms with Gasteiger partial charge in [-0.05, 0) is 25.7 Å². The Hall–Kier alpha value is -1.26. The van der Waals surface area contributed by atoms with E-state index in [1.165, 1.54) is 24.8 Å². The first-order chi connectivity index (χ1) is 6.93. The van der Waals surface area contributed by atoms with Gasteiger partial charge in [0.2, 0.25) is 0 Å². The number of carbonyl (C=O) groups is 2. The molecule has 0 spiro atoms. The van der Waals surface area contributed by atoms with Gasteiger partial charge in [-0.3, -0.25) is 4.79 Å². The Morgan fingerprint density at radius 2 is 1.93 bits per heavy atom. The standard InChI is InChI=1S/C10H18N2O3/c1-7(8-4-5-8)12(3)10(15)11(2)6-9(13)14/h7-8H,4-6H2,1-3H3,(H,13,14). The van der Waals surface area contributed by atoms with E-state index in [1.807, 2.05) is 6.92 Å². The Kier molecular flexibility index (Phi) is 3.55. The molecule has 15 heavy (non-hydrogen) atoms. The van der Waals surface area contributed by atoms with Crippen molar-refractivity contribution >= 4 is 12.0 Å². The van der Waals surface area contributed by atoms with Crippen molar-refractivity contribution in [3.8, 4) is 0 Å². The van der Waals surface area contributed by atoms with Crippen molar-refractivity contribution in [2.24, 2.45) is 5.92 Å². The van der Waals surface area contributed by atoms with Gasteiger partial charge >= 0.3 is 12.0 Å². The average molecular weight is 214 g/mol. The second-order valence-electron chi connectivity index (χ2n) is 4.22. The zero-order valence-corrected chi connectivity index (χ0v) is 9.43. The van der Waals surface area contributed by atoms with E-state index in [0.717, 1.165) is 0 Å². The van der Waals surface area contributed by atoms with Crippen molar-refractivity contribution < 1.29 is 14.7 Å². The lowest BCUT2D eigenvalue weighted by molar-refractivity contribution is -0.137. The number of hydrogen-bond donors (Lipinski definition) is 1. The number of hydrogen-bond acceptors (Lipinski definition) is 2. The van der Waals surface area contributed by atoms with Crippen molar-refractivity contribution in [3.63, 3.8) is 0 Å². The average Bonchev–Trinajstić information content (AvgIpc) is 2.96. The summed E-state index contributed by atoms with van der Waals surface area (Å²) < 4.78 is 0. The van der Waals surface area contributed by atoms with Crippen LogP contribution < -0.4 is 0 Å². The molecule has 86 valence electrons. The minimum Gasteiger partial charge on any atom is -0.480 e. The van der Waals surface area contributed by atoms with E-state index >= 15 is 0 Å². The van der Waals surface area contributed by atoms with Gasteiger partial charge in [0.25, 0.3) is 0 Å². The minimum atomic E-state index is -0.988. The van der Waals surface area contributed by atoms with Crippen molar-refractivity contribution in [3.05, 3.63) is 0 Å². The number of carboxylic acid groups (broad SMARTS) is 1. The molecule has 5 nitrogen and oxygen atoms in total. The van der Waals surface area contributed by atoms with Crippen LogP contribution in [0.2, 0.25) is 0 Å². The number of carboxylic acids is 1. The Bertz CT molecular complexity index is 263. The fraction of sp³-hybridized carbons (Fsp3) is 0.800. The molecule has 2 amide bonds. The summed E-state index contributed by atoms with van der Waals surface area (Å²) in [5.74, 6) is -0.393. The van der Waals surface area contributed by atoms with Gasteiger partial charge in [-0.15, -0.1) is 0 Å². The molecule has 1 atom stereocenters. The van der Waals surface area contributed by atoms with Gasteiger partial charge < -0.3 is 14.9 Å². The first-order valence-corrected chi connectivity index (χ1v) is 5.13. The predicted molar refractivity (Wildman–Crippen MR) is 55.6 cm³/mol. The molecular formula is C10H18N2O3. The van der Waals surface area contributed by atoms with Crippen molar-refractivity contribution in [1.82, 2.24) is 9.80 Å². The molecule has 0 saturated heterocycles. The fourth-order valence-corrected chi connectivity index (χ4v) is 1.61. The van der Waals surface area contributed by atoms with Crippen LogP contribution in [0.15, 0.2) is 0 Å². The van der Waals surface area contributed by atoms with Gasteiger partial charge in [0.05, 0.1) is 0 Å². The number of aliphatic carboxylic acids is 1. The number of amides is 2. The van der Waals surface area contributed by atoms with Crippen LogP contribution in [-0.2, 0) is 4.79 Å². The monoisotopic (exact) mass is 214 g/mol. The van der Waals surface area contributed by atoms with E-state index in [0.29, 0.717) is 5.92 Å². The van der Waals surface area contributed by atoms with Crippen LogP contribution in [0.1, 0.15) is 19.8 Å². The largest absolute Gasteiger partial charge is 0.480 e. The lowest BCUT2D eigenvalue weighted by Gasteiger charge is -2.29. The lowest BCUT2D eigenvalue weighted by Crippen LogP contribution is -2.45. The third-order valence-electron chi connectivity index (χ3n) is 2.92. The number of nitrogens with zero attached hydrogens (tertiary/aromatic N) is 2. The quantitative estimate of drug-likeness (QED) is 0.754. The number of carbonyl (C=O) groups excluding carboxylic acids is 1. The van der Waals surface area contributed by atoms with Crippen molar-refractivity contribution in [2.75, 3.05) is 20.6 Å². The van der Waals surface area contributed by atoms with Crippen LogP contribution in [0.4, 0.5) is 4.79 Å². The Balaban J connectivity index is 2.46. The summed E-state index contributed by atoms with van der Waals surface area (Å²) in [4.78, 5) is 25.0. The molecule has 1 saturated carbocycles. The molecule has 1 aliphatic carbocycles. The Labute approximate surface area is 89.7 Å². The number of likely N-dealkylation sites (N-methyl/N-ethyl adjacent to an activating group) is 1. The normalized spacial score (nSPS) is 17.0. The summed E-state index contributed by atoms with van der Waals surface area (Å²) in [6.45, 7) is 1.75. The summed E-state index contributed by atoms with van der Waals surface area (Å²) in [7, 11) is 3.23. The highest BCUT2D eigenvalue weighted by Crippen LogP contribution is 2.34. The lowest BCUT2D eigenvalue weighted by atomic mass is 10.2. The van der Waals surface area contributed by atoms with E-state index in [-0.39, 0.29) is 18.6 Å². The molecule has 1 unspecified atom stereocenters. The second-order valence-corrected chi connectivity index (χ2v) is 4.22. The van der Waals surface area contributed by atoms with Crippen LogP contribution >= 0.6 is 0 Å². The van der Waals surface area contributed by atoms with E-state index < -0.39 is 5.97 Å². The highest BCUT2D eigenvalue weighted by molar-refractivity contribution is 5.79. The summed E-state index contributed by atoms with van der Waals surface area (Å²) in [6, 6.07) is -0.0226. The molecular weight excluding hydrogens is 196 g/mol. The van der Waals surface area contributed by atoms with E-state index in [9.17, 15) is 9.59 Å². The SMILES string of the molecule is CC(C1CC1)N(C)C(=O)N(C)CC(=O)O. The molecule has 0 heterocycles. The zero-order valence-electron chi connectivity index (χ0n) is 9.43. The van der Waals surface area contributed by atoms with Gasteiger partial charge in [-0.2, -0.15) is 0 Å². The Morgan fingerprint density at radius 1 is 1.40 bits per heavy atom. The molecule has 1 N–H and O–H groups in total. The van der Waals surface area contributed by atoms with Crippen LogP contribution in [-0.4, -0.2) is 53.6 Å². The number of urea groups is 1. The molecule has 0 aromatic heterocycles. The highest BCUT2D eigenvalue weighted by Gasteiger charge is 2.33. The summed E-state index contributed by atoms with van der Waals surface area (Å²) in [6.07, 6.45) is 2.34. The van der Waals surface area contributed by atoms with Crippen LogP contribution in [0.5, 0.6) is 0 Å². The van der Waals surface area contributed by atoms with Crippen LogP contribution in [0.25, 0.3) is 0 Å². The number of rotatable bonds is 4. The summed E-state index contributed by atoms with van der Waals surface area (Å²) >= 11 is 0. The smallest absolute Gasteiger partial charge is 0.323 e. The summed E-state index contributed by atoms with van der Waals surface area (Å²) in [5, 5.41) is 8.56. The van der Waals surface area contributed by atoms with Crippen molar-refractivity contribution in [2.45, 2.75) is 25.8 Å². The van der Waals surface area contributed by atoms with Gasteiger partial charge in [0.1, 0.15) is 6.54 Å². The Morgan fingerprint density at radius 3 is 2.33 bits per heavy atom. The van der Waals surface area contributed by atoms with Crippen LogP contribution in [0.3, 0.4) is 0 Å². The van der Waals surface area contributed by atoms with E-state index in [1.54, 1.807) is 11.9 Å². The molecule has 0 aromatic rings. The molecule has 5 heteroatoms. The molecule has 1 aliphatic rings. The van der Waals surface area contributed by atoms with Gasteiger partial charge in [-0.1, -0.05) is 0 Å². The topological polar surface area (TPSA) is 60.9 Å². The molecule has 0 aromatic carbocycles. The third-order valence-corrected chi connectivity index (χ3v) is 2.92. The van der Waals surface area contributed by atoms with E-state index in [2.05, 4.69) is 0 Å². The highest BCUT2D eigenvalue weighted by atomic mass is 16.4. The van der Waals surface area contributed by atoms with Crippen LogP contribution in [0, 0.1) is 5.92 Å². The van der Waals surface area contributed by atoms with E-state index in [4.69, 9.17) is 5.11 Å². The van der Waals surface area contributed by atoms with Gasteiger partial charge in [0, 0.05) is 20.1 Å². The maximum absolute atomic E-state index is 11.7. The second kappa shape index (κ2) is 4.51. The zero-order chi connectivity index (χ0) is 11.6. The molecule has 0 bridgehead atoms. The van der Waals surface area contributed by atoms with Gasteiger partial charge in [-0.25, -0.2) is 4.79 Å². The summed E-state index contributed by atoms with van der Waals surface area (Å²) in [5.41, 5.74) is 0. The first-order valence-electron chi connectivity index (χ1n) is 5.13. The molecule has 0 radical (unpaired) electrons. The fourth-order valence-electron chi connectivity index (χ4n) is 1.61. The molecule has 0 aliphatic heterocycles. The van der Waals surface area contributed by atoms with Crippen molar-refractivity contribution in [1.29, 1.82) is 0 Å². The molecule has 1 rings (SSSR count). The predicted octanol–water partition coefficient (Wildman–Crippen LogP) is 0.853. The third kappa shape index (κ3) is 3.11.